The lowest BCUT2D eigenvalue weighted by Gasteiger charge is -2.09. The van der Waals surface area contributed by atoms with Gasteiger partial charge in [0.2, 0.25) is 0 Å². The maximum Gasteiger partial charge on any atom is 0.266 e. The van der Waals surface area contributed by atoms with Crippen LogP contribution in [0.2, 0.25) is 0 Å². The van der Waals surface area contributed by atoms with Gasteiger partial charge in [-0.3, -0.25) is 4.79 Å². The molecular formula is C19H18N2O2. The first kappa shape index (κ1) is 16.3. The molecule has 0 saturated heterocycles. The molecule has 4 heteroatoms. The van der Waals surface area contributed by atoms with Crippen molar-refractivity contribution >= 4 is 17.7 Å². The fourth-order valence-corrected chi connectivity index (χ4v) is 2.23. The second-order valence-corrected chi connectivity index (χ2v) is 5.18. The number of aryl methyl sites for hydroxylation is 2. The van der Waals surface area contributed by atoms with Gasteiger partial charge in [-0.25, -0.2) is 0 Å². The van der Waals surface area contributed by atoms with Crippen LogP contribution in [0.25, 0.3) is 6.08 Å². The molecule has 1 amide bonds. The highest BCUT2D eigenvalue weighted by atomic mass is 16.5. The third-order valence-electron chi connectivity index (χ3n) is 3.43. The maximum atomic E-state index is 12.3. The van der Waals surface area contributed by atoms with E-state index in [-0.39, 0.29) is 5.57 Å². The Kier molecular flexibility index (Phi) is 5.16. The van der Waals surface area contributed by atoms with Crippen LogP contribution in [0.1, 0.15) is 16.7 Å². The molecule has 23 heavy (non-hydrogen) atoms. The molecule has 0 aliphatic carbocycles. The highest BCUT2D eigenvalue weighted by molar-refractivity contribution is 6.10. The smallest absolute Gasteiger partial charge is 0.266 e. The van der Waals surface area contributed by atoms with Gasteiger partial charge in [0.25, 0.3) is 5.91 Å². The first-order valence-corrected chi connectivity index (χ1v) is 7.18. The van der Waals surface area contributed by atoms with E-state index in [1.807, 2.05) is 50.2 Å². The van der Waals surface area contributed by atoms with Crippen LogP contribution >= 0.6 is 0 Å². The zero-order valence-electron chi connectivity index (χ0n) is 13.4. The highest BCUT2D eigenvalue weighted by Crippen LogP contribution is 2.21. The first-order valence-electron chi connectivity index (χ1n) is 7.18. The number of carbonyl (C=O) groups excluding carboxylic acids is 1. The minimum atomic E-state index is -0.439. The molecule has 0 spiro atoms. The van der Waals surface area contributed by atoms with Crippen LogP contribution in [0, 0.1) is 25.2 Å². The number of nitrogens with zero attached hydrogens (tertiary/aromatic N) is 1. The summed E-state index contributed by atoms with van der Waals surface area (Å²) >= 11 is 0. The van der Waals surface area contributed by atoms with Gasteiger partial charge in [0.15, 0.2) is 0 Å². The molecule has 0 fully saturated rings. The topological polar surface area (TPSA) is 62.1 Å². The van der Waals surface area contributed by atoms with Crippen molar-refractivity contribution in [2.45, 2.75) is 13.8 Å². The molecule has 2 rings (SSSR count). The maximum absolute atomic E-state index is 12.3. The zero-order chi connectivity index (χ0) is 16.8. The van der Waals surface area contributed by atoms with Gasteiger partial charge in [-0.2, -0.15) is 5.26 Å². The van der Waals surface area contributed by atoms with Gasteiger partial charge in [-0.05, 0) is 37.6 Å². The number of nitrogens with one attached hydrogen (secondary N) is 1. The van der Waals surface area contributed by atoms with E-state index in [0.717, 1.165) is 11.1 Å². The summed E-state index contributed by atoms with van der Waals surface area (Å²) in [4.78, 5) is 12.3. The Labute approximate surface area is 136 Å². The molecule has 0 unspecified atom stereocenters. The number of carbonyl (C=O) groups is 1. The average Bonchev–Trinajstić information content (AvgIpc) is 2.55. The lowest BCUT2D eigenvalue weighted by Crippen LogP contribution is -2.14. The Morgan fingerprint density at radius 3 is 2.61 bits per heavy atom. The molecule has 2 aromatic carbocycles. The Hall–Kier alpha value is -3.06. The van der Waals surface area contributed by atoms with E-state index in [9.17, 15) is 10.1 Å². The molecule has 0 aliphatic rings. The van der Waals surface area contributed by atoms with Crippen molar-refractivity contribution in [3.63, 3.8) is 0 Å². The number of methoxy groups -OCH3 is 1. The molecule has 2 aromatic rings. The minimum Gasteiger partial charge on any atom is -0.496 e. The molecule has 0 aliphatic heterocycles. The average molecular weight is 306 g/mol. The summed E-state index contributed by atoms with van der Waals surface area (Å²) in [6.07, 6.45) is 1.53. The van der Waals surface area contributed by atoms with Crippen molar-refractivity contribution in [2.75, 3.05) is 12.4 Å². The number of nitriles is 1. The summed E-state index contributed by atoms with van der Waals surface area (Å²) in [6, 6.07) is 14.9. The lowest BCUT2D eigenvalue weighted by atomic mass is 10.1. The Morgan fingerprint density at radius 1 is 1.22 bits per heavy atom. The number of rotatable bonds is 4. The van der Waals surface area contributed by atoms with Gasteiger partial charge in [-0.15, -0.1) is 0 Å². The molecule has 0 aromatic heterocycles. The molecular weight excluding hydrogens is 288 g/mol. The molecule has 0 saturated carbocycles. The van der Waals surface area contributed by atoms with Crippen molar-refractivity contribution in [1.82, 2.24) is 0 Å². The monoisotopic (exact) mass is 306 g/mol. The Bertz CT molecular complexity index is 801. The summed E-state index contributed by atoms with van der Waals surface area (Å²) in [5, 5.41) is 12.1. The van der Waals surface area contributed by atoms with Gasteiger partial charge in [0.05, 0.1) is 7.11 Å². The molecule has 116 valence electrons. The van der Waals surface area contributed by atoms with E-state index in [4.69, 9.17) is 4.74 Å². The number of anilines is 1. The number of para-hydroxylation sites is 1. The second-order valence-electron chi connectivity index (χ2n) is 5.18. The van der Waals surface area contributed by atoms with Crippen molar-refractivity contribution in [3.05, 3.63) is 64.7 Å². The summed E-state index contributed by atoms with van der Waals surface area (Å²) < 4.78 is 5.24. The highest BCUT2D eigenvalue weighted by Gasteiger charge is 2.12. The second kappa shape index (κ2) is 7.28. The van der Waals surface area contributed by atoms with Crippen LogP contribution in [0.3, 0.4) is 0 Å². The van der Waals surface area contributed by atoms with Crippen LogP contribution < -0.4 is 10.1 Å². The van der Waals surface area contributed by atoms with Crippen molar-refractivity contribution in [3.8, 4) is 11.8 Å². The minimum absolute atomic E-state index is 0.0227. The van der Waals surface area contributed by atoms with Crippen molar-refractivity contribution < 1.29 is 9.53 Å². The number of hydrogen-bond acceptors (Lipinski definition) is 3. The van der Waals surface area contributed by atoms with Crippen LogP contribution in [-0.4, -0.2) is 13.0 Å². The van der Waals surface area contributed by atoms with E-state index in [1.165, 1.54) is 6.08 Å². The normalized spacial score (nSPS) is 10.8. The van der Waals surface area contributed by atoms with Gasteiger partial charge < -0.3 is 10.1 Å². The SMILES string of the molecule is COc1ccccc1C=C(C#N)C(=O)Nc1ccc(C)cc1C. The molecule has 0 heterocycles. The summed E-state index contributed by atoms with van der Waals surface area (Å²) in [6.45, 7) is 3.90. The number of benzene rings is 2. The van der Waals surface area contributed by atoms with Gasteiger partial charge in [0, 0.05) is 11.3 Å². The van der Waals surface area contributed by atoms with Gasteiger partial charge in [-0.1, -0.05) is 35.9 Å². The number of hydrogen-bond donors (Lipinski definition) is 1. The third kappa shape index (κ3) is 3.98. The molecule has 0 bridgehead atoms. The summed E-state index contributed by atoms with van der Waals surface area (Å²) in [5.74, 6) is 0.171. The lowest BCUT2D eigenvalue weighted by molar-refractivity contribution is -0.112. The molecule has 0 radical (unpaired) electrons. The summed E-state index contributed by atoms with van der Waals surface area (Å²) in [5.41, 5.74) is 3.47. The van der Waals surface area contributed by atoms with Crippen LogP contribution in [0.4, 0.5) is 5.69 Å². The quantitative estimate of drug-likeness (QED) is 0.689. The Balaban J connectivity index is 2.28. The van der Waals surface area contributed by atoms with E-state index >= 15 is 0 Å². The third-order valence-corrected chi connectivity index (χ3v) is 3.43. The largest absolute Gasteiger partial charge is 0.496 e. The van der Waals surface area contributed by atoms with E-state index in [0.29, 0.717) is 17.0 Å². The molecule has 0 atom stereocenters. The standard InChI is InChI=1S/C19H18N2O2/c1-13-8-9-17(14(2)10-13)21-19(22)16(12-20)11-15-6-4-5-7-18(15)23-3/h4-11H,1-3H3,(H,21,22). The first-order chi connectivity index (χ1) is 11.0. The van der Waals surface area contributed by atoms with Gasteiger partial charge in [0.1, 0.15) is 17.4 Å². The summed E-state index contributed by atoms with van der Waals surface area (Å²) in [7, 11) is 1.55. The number of amides is 1. The zero-order valence-corrected chi connectivity index (χ0v) is 13.4. The molecule has 1 N–H and O–H groups in total. The van der Waals surface area contributed by atoms with Crippen LogP contribution in [0.15, 0.2) is 48.0 Å². The van der Waals surface area contributed by atoms with Crippen LogP contribution in [-0.2, 0) is 4.79 Å². The van der Waals surface area contributed by atoms with Gasteiger partial charge >= 0.3 is 0 Å². The number of ether oxygens (including phenoxy) is 1. The fourth-order valence-electron chi connectivity index (χ4n) is 2.23. The van der Waals surface area contributed by atoms with E-state index < -0.39 is 5.91 Å². The van der Waals surface area contributed by atoms with Crippen molar-refractivity contribution in [2.24, 2.45) is 0 Å². The van der Waals surface area contributed by atoms with E-state index in [2.05, 4.69) is 5.32 Å². The molecule has 4 nitrogen and oxygen atoms in total. The van der Waals surface area contributed by atoms with Crippen molar-refractivity contribution in [1.29, 1.82) is 5.26 Å². The van der Waals surface area contributed by atoms with Crippen LogP contribution in [0.5, 0.6) is 5.75 Å². The Morgan fingerprint density at radius 2 is 1.96 bits per heavy atom. The predicted molar refractivity (Wildman–Crippen MR) is 91.1 cm³/mol. The van der Waals surface area contributed by atoms with E-state index in [1.54, 1.807) is 19.2 Å². The predicted octanol–water partition coefficient (Wildman–Crippen LogP) is 3.86. The fraction of sp³-hybridized carbons (Fsp3) is 0.158.